The summed E-state index contributed by atoms with van der Waals surface area (Å²) in [5.74, 6) is 0. The molecule has 0 aliphatic heterocycles. The van der Waals surface area contributed by atoms with E-state index in [1.165, 1.54) is 0 Å². The van der Waals surface area contributed by atoms with Gasteiger partial charge in [0.15, 0.2) is 0 Å². The van der Waals surface area contributed by atoms with Crippen molar-refractivity contribution in [3.05, 3.63) is 72.1 Å². The number of anilines is 1. The molecule has 0 radical (unpaired) electrons. The van der Waals surface area contributed by atoms with Gasteiger partial charge in [-0.05, 0) is 28.8 Å². The molecule has 106 valence electrons. The van der Waals surface area contributed by atoms with E-state index < -0.39 is 0 Å². The minimum absolute atomic E-state index is 0.0728. The molecule has 0 aliphatic carbocycles. The van der Waals surface area contributed by atoms with Gasteiger partial charge in [0.2, 0.25) is 0 Å². The fraction of sp³-hybridized carbons (Fsp3) is 0.118. The molecule has 0 amide bonds. The molecule has 3 aromatic rings. The van der Waals surface area contributed by atoms with Crippen LogP contribution in [0.4, 0.5) is 5.69 Å². The third kappa shape index (κ3) is 3.12. The zero-order chi connectivity index (χ0) is 14.7. The monoisotopic (exact) mass is 279 g/mol. The number of rotatable bonds is 4. The Balaban J connectivity index is 1.76. The highest BCUT2D eigenvalue weighted by atomic mass is 16.3. The first-order valence-corrected chi connectivity index (χ1v) is 6.81. The van der Waals surface area contributed by atoms with E-state index in [2.05, 4.69) is 5.10 Å². The number of nitrogens with two attached hydrogens (primary N) is 1. The Morgan fingerprint density at radius 3 is 2.24 bits per heavy atom. The summed E-state index contributed by atoms with van der Waals surface area (Å²) in [7, 11) is 0. The Morgan fingerprint density at radius 2 is 1.57 bits per heavy atom. The van der Waals surface area contributed by atoms with Crippen molar-refractivity contribution in [1.29, 1.82) is 0 Å². The maximum absolute atomic E-state index is 9.04. The smallest absolute Gasteiger partial charge is 0.0681 e. The van der Waals surface area contributed by atoms with Gasteiger partial charge in [0, 0.05) is 17.4 Å². The molecule has 2 aromatic carbocycles. The minimum atomic E-state index is 0.0728. The van der Waals surface area contributed by atoms with Crippen LogP contribution >= 0.6 is 0 Å². The van der Waals surface area contributed by atoms with E-state index in [-0.39, 0.29) is 6.61 Å². The largest absolute Gasteiger partial charge is 0.399 e. The van der Waals surface area contributed by atoms with E-state index in [1.54, 1.807) is 0 Å². The van der Waals surface area contributed by atoms with E-state index in [9.17, 15) is 0 Å². The molecule has 0 atom stereocenters. The number of benzene rings is 2. The van der Waals surface area contributed by atoms with Crippen molar-refractivity contribution in [2.75, 3.05) is 5.73 Å². The average Bonchev–Trinajstić information content (AvgIpc) is 2.97. The number of nitrogens with zero attached hydrogens (tertiary/aromatic N) is 2. The van der Waals surface area contributed by atoms with Crippen LogP contribution in [0.3, 0.4) is 0 Å². The molecule has 4 heteroatoms. The fourth-order valence-electron chi connectivity index (χ4n) is 2.21. The third-order valence-corrected chi connectivity index (χ3v) is 3.43. The van der Waals surface area contributed by atoms with Gasteiger partial charge >= 0.3 is 0 Å². The molecule has 0 saturated carbocycles. The van der Waals surface area contributed by atoms with Gasteiger partial charge in [0.05, 0.1) is 19.3 Å². The number of aromatic nitrogens is 2. The lowest BCUT2D eigenvalue weighted by atomic mass is 10.1. The maximum atomic E-state index is 9.04. The summed E-state index contributed by atoms with van der Waals surface area (Å²) in [5, 5.41) is 13.4. The third-order valence-electron chi connectivity index (χ3n) is 3.43. The predicted molar refractivity (Wildman–Crippen MR) is 83.5 cm³/mol. The molecular weight excluding hydrogens is 262 g/mol. The second-order valence-corrected chi connectivity index (χ2v) is 5.02. The fourth-order valence-corrected chi connectivity index (χ4v) is 2.21. The second-order valence-electron chi connectivity index (χ2n) is 5.02. The topological polar surface area (TPSA) is 64.1 Å². The molecule has 0 aliphatic rings. The summed E-state index contributed by atoms with van der Waals surface area (Å²) in [4.78, 5) is 0. The van der Waals surface area contributed by atoms with Gasteiger partial charge in [0.25, 0.3) is 0 Å². The molecule has 4 nitrogen and oxygen atoms in total. The number of aliphatic hydroxyl groups is 1. The highest BCUT2D eigenvalue weighted by Crippen LogP contribution is 2.20. The van der Waals surface area contributed by atoms with E-state index in [1.807, 2.05) is 65.6 Å². The highest BCUT2D eigenvalue weighted by molar-refractivity contribution is 5.63. The van der Waals surface area contributed by atoms with Gasteiger partial charge in [-0.3, -0.25) is 4.68 Å². The van der Waals surface area contributed by atoms with E-state index in [0.717, 1.165) is 27.9 Å². The van der Waals surface area contributed by atoms with Crippen molar-refractivity contribution in [1.82, 2.24) is 9.78 Å². The molecule has 0 unspecified atom stereocenters. The Kier molecular flexibility index (Phi) is 3.71. The lowest BCUT2D eigenvalue weighted by Gasteiger charge is -2.03. The van der Waals surface area contributed by atoms with Crippen LogP contribution in [0, 0.1) is 0 Å². The van der Waals surface area contributed by atoms with Crippen LogP contribution in [-0.4, -0.2) is 14.9 Å². The van der Waals surface area contributed by atoms with Gasteiger partial charge in [0.1, 0.15) is 0 Å². The molecular formula is C17H17N3O. The summed E-state index contributed by atoms with van der Waals surface area (Å²) >= 11 is 0. The van der Waals surface area contributed by atoms with E-state index in [0.29, 0.717) is 6.54 Å². The molecule has 1 aromatic heterocycles. The van der Waals surface area contributed by atoms with Gasteiger partial charge in [-0.15, -0.1) is 0 Å². The molecule has 3 N–H and O–H groups in total. The summed E-state index contributed by atoms with van der Waals surface area (Å²) in [5.41, 5.74) is 10.7. The molecule has 1 heterocycles. The van der Waals surface area contributed by atoms with Crippen molar-refractivity contribution < 1.29 is 5.11 Å². The standard InChI is InChI=1S/C17H17N3O/c18-17-7-5-15(6-8-17)16-9-19-20(11-16)10-13-1-3-14(12-21)4-2-13/h1-9,11,21H,10,12,18H2. The van der Waals surface area contributed by atoms with Crippen LogP contribution in [0.1, 0.15) is 11.1 Å². The Hall–Kier alpha value is -2.59. The SMILES string of the molecule is Nc1ccc(-c2cnn(Cc3ccc(CO)cc3)c2)cc1. The van der Waals surface area contributed by atoms with Crippen LogP contribution in [-0.2, 0) is 13.2 Å². The van der Waals surface area contributed by atoms with Gasteiger partial charge in [-0.2, -0.15) is 5.10 Å². The Morgan fingerprint density at radius 1 is 0.905 bits per heavy atom. The van der Waals surface area contributed by atoms with Crippen molar-refractivity contribution in [2.45, 2.75) is 13.2 Å². The molecule has 0 fully saturated rings. The zero-order valence-electron chi connectivity index (χ0n) is 11.6. The maximum Gasteiger partial charge on any atom is 0.0681 e. The Bertz CT molecular complexity index is 715. The van der Waals surface area contributed by atoms with Crippen molar-refractivity contribution in [3.8, 4) is 11.1 Å². The minimum Gasteiger partial charge on any atom is -0.399 e. The van der Waals surface area contributed by atoms with Crippen molar-refractivity contribution >= 4 is 5.69 Å². The predicted octanol–water partition coefficient (Wildman–Crippen LogP) is 2.67. The molecule has 21 heavy (non-hydrogen) atoms. The zero-order valence-corrected chi connectivity index (χ0v) is 11.6. The van der Waals surface area contributed by atoms with Crippen LogP contribution in [0.15, 0.2) is 60.9 Å². The summed E-state index contributed by atoms with van der Waals surface area (Å²) in [6, 6.07) is 15.6. The molecule has 0 spiro atoms. The number of nitrogen functional groups attached to an aromatic ring is 1. The molecule has 0 saturated heterocycles. The first-order chi connectivity index (χ1) is 10.2. The van der Waals surface area contributed by atoms with Crippen LogP contribution in [0.2, 0.25) is 0 Å². The first-order valence-electron chi connectivity index (χ1n) is 6.81. The summed E-state index contributed by atoms with van der Waals surface area (Å²) < 4.78 is 1.90. The average molecular weight is 279 g/mol. The lowest BCUT2D eigenvalue weighted by molar-refractivity contribution is 0.282. The van der Waals surface area contributed by atoms with E-state index in [4.69, 9.17) is 10.8 Å². The van der Waals surface area contributed by atoms with Crippen LogP contribution in [0.5, 0.6) is 0 Å². The van der Waals surface area contributed by atoms with Crippen LogP contribution < -0.4 is 5.73 Å². The quantitative estimate of drug-likeness (QED) is 0.722. The summed E-state index contributed by atoms with van der Waals surface area (Å²) in [6.45, 7) is 0.782. The summed E-state index contributed by atoms with van der Waals surface area (Å²) in [6.07, 6.45) is 3.87. The van der Waals surface area contributed by atoms with Crippen LogP contribution in [0.25, 0.3) is 11.1 Å². The highest BCUT2D eigenvalue weighted by Gasteiger charge is 2.02. The van der Waals surface area contributed by atoms with Crippen molar-refractivity contribution in [3.63, 3.8) is 0 Å². The molecule has 3 rings (SSSR count). The molecule has 0 bridgehead atoms. The van der Waals surface area contributed by atoms with Crippen molar-refractivity contribution in [2.24, 2.45) is 0 Å². The first kappa shape index (κ1) is 13.4. The van der Waals surface area contributed by atoms with E-state index >= 15 is 0 Å². The number of aliphatic hydroxyl groups excluding tert-OH is 1. The normalized spacial score (nSPS) is 10.7. The Labute approximate surface area is 123 Å². The van der Waals surface area contributed by atoms with Gasteiger partial charge in [-0.1, -0.05) is 36.4 Å². The number of hydrogen-bond donors (Lipinski definition) is 2. The van der Waals surface area contributed by atoms with Gasteiger partial charge in [-0.25, -0.2) is 0 Å². The van der Waals surface area contributed by atoms with Gasteiger partial charge < -0.3 is 10.8 Å². The number of hydrogen-bond acceptors (Lipinski definition) is 3. The second kappa shape index (κ2) is 5.81. The lowest BCUT2D eigenvalue weighted by Crippen LogP contribution is -1.99.